The summed E-state index contributed by atoms with van der Waals surface area (Å²) in [6.07, 6.45) is 2.09. The molecule has 0 atom stereocenters. The summed E-state index contributed by atoms with van der Waals surface area (Å²) in [7, 11) is 0. The molecule has 0 unspecified atom stereocenters. The van der Waals surface area contributed by atoms with Gasteiger partial charge in [0.15, 0.2) is 5.65 Å². The summed E-state index contributed by atoms with van der Waals surface area (Å²) in [5.41, 5.74) is 1.47. The zero-order chi connectivity index (χ0) is 20.3. The van der Waals surface area contributed by atoms with E-state index in [1.54, 1.807) is 20.6 Å². The van der Waals surface area contributed by atoms with E-state index in [9.17, 15) is 9.59 Å². The molecule has 1 saturated carbocycles. The average molecular weight is 402 g/mol. The largest absolute Gasteiger partial charge is 0.352 e. The van der Waals surface area contributed by atoms with E-state index in [4.69, 9.17) is 4.98 Å². The van der Waals surface area contributed by atoms with Crippen LogP contribution in [0.25, 0.3) is 15.9 Å². The molecule has 8 heteroatoms. The first-order valence-electron chi connectivity index (χ1n) is 9.91. The third-order valence-corrected chi connectivity index (χ3v) is 6.60. The van der Waals surface area contributed by atoms with Gasteiger partial charge in [0.25, 0.3) is 0 Å². The van der Waals surface area contributed by atoms with Gasteiger partial charge in [-0.25, -0.2) is 18.9 Å². The lowest BCUT2D eigenvalue weighted by atomic mass is 10.2. The van der Waals surface area contributed by atoms with Gasteiger partial charge in [-0.2, -0.15) is 0 Å². The maximum Gasteiger partial charge on any atom is 0.352 e. The van der Waals surface area contributed by atoms with Gasteiger partial charge in [0.05, 0.1) is 5.39 Å². The van der Waals surface area contributed by atoms with E-state index in [1.165, 1.54) is 9.56 Å². The van der Waals surface area contributed by atoms with Crippen LogP contribution >= 0.6 is 11.3 Å². The number of fused-ring (bicyclic) bond motifs is 3. The zero-order valence-electron chi connectivity index (χ0n) is 17.3. The second-order valence-corrected chi connectivity index (χ2v) is 9.50. The van der Waals surface area contributed by atoms with Crippen LogP contribution < -0.4 is 5.69 Å². The number of aromatic nitrogens is 4. The Morgan fingerprint density at radius 2 is 1.86 bits per heavy atom. The molecule has 3 aromatic rings. The van der Waals surface area contributed by atoms with Crippen molar-refractivity contribution >= 4 is 33.1 Å². The molecule has 0 bridgehead atoms. The molecular weight excluding hydrogens is 374 g/mol. The summed E-state index contributed by atoms with van der Waals surface area (Å²) in [5.74, 6) is 1.01. The summed E-state index contributed by atoms with van der Waals surface area (Å²) < 4.78 is 2.95. The van der Waals surface area contributed by atoms with Gasteiger partial charge in [-0.3, -0.25) is 4.79 Å². The van der Waals surface area contributed by atoms with Crippen molar-refractivity contribution in [2.75, 3.05) is 0 Å². The van der Waals surface area contributed by atoms with E-state index in [2.05, 4.69) is 12.0 Å². The number of hydrogen-bond donors (Lipinski definition) is 0. The molecule has 3 heterocycles. The van der Waals surface area contributed by atoms with Gasteiger partial charge in [0.2, 0.25) is 5.91 Å². The van der Waals surface area contributed by atoms with E-state index in [0.717, 1.165) is 34.4 Å². The zero-order valence-corrected chi connectivity index (χ0v) is 18.1. The number of thiophene rings is 1. The Kier molecular flexibility index (Phi) is 4.56. The maximum absolute atomic E-state index is 13.2. The highest BCUT2D eigenvalue weighted by Gasteiger charge is 2.31. The van der Waals surface area contributed by atoms with Crippen LogP contribution in [0.5, 0.6) is 0 Å². The number of amides is 1. The Morgan fingerprint density at radius 1 is 1.21 bits per heavy atom. The minimum Gasteiger partial charge on any atom is -0.336 e. The van der Waals surface area contributed by atoms with E-state index in [0.29, 0.717) is 11.6 Å². The van der Waals surface area contributed by atoms with Crippen LogP contribution in [-0.2, 0) is 11.3 Å². The first-order chi connectivity index (χ1) is 13.2. The normalized spacial score (nSPS) is 14.7. The molecule has 0 aromatic carbocycles. The summed E-state index contributed by atoms with van der Waals surface area (Å²) >= 11 is 1.64. The fourth-order valence-corrected chi connectivity index (χ4v) is 5.01. The molecule has 0 aliphatic heterocycles. The van der Waals surface area contributed by atoms with Gasteiger partial charge in [-0.05, 0) is 59.9 Å². The Hall–Kier alpha value is -2.22. The van der Waals surface area contributed by atoms with Gasteiger partial charge < -0.3 is 4.90 Å². The van der Waals surface area contributed by atoms with Crippen LogP contribution in [-0.4, -0.2) is 42.1 Å². The van der Waals surface area contributed by atoms with Gasteiger partial charge in [-0.15, -0.1) is 16.4 Å². The van der Waals surface area contributed by atoms with Crippen molar-refractivity contribution in [3.05, 3.63) is 26.7 Å². The summed E-state index contributed by atoms with van der Waals surface area (Å²) in [6, 6.07) is 0.134. The second-order valence-electron chi connectivity index (χ2n) is 8.30. The number of aryl methyl sites for hydroxylation is 2. The molecule has 0 N–H and O–H groups in total. The van der Waals surface area contributed by atoms with Crippen molar-refractivity contribution in [2.24, 2.45) is 0 Å². The van der Waals surface area contributed by atoms with Crippen LogP contribution in [0.4, 0.5) is 0 Å². The fourth-order valence-electron chi connectivity index (χ4n) is 3.98. The Balaban J connectivity index is 1.88. The highest BCUT2D eigenvalue weighted by atomic mass is 32.1. The molecule has 0 radical (unpaired) electrons. The molecule has 1 fully saturated rings. The quantitative estimate of drug-likeness (QED) is 0.658. The van der Waals surface area contributed by atoms with Crippen molar-refractivity contribution in [3.8, 4) is 0 Å². The molecule has 1 amide bonds. The Morgan fingerprint density at radius 3 is 2.43 bits per heavy atom. The van der Waals surface area contributed by atoms with Crippen LogP contribution in [0.1, 0.15) is 62.7 Å². The fraction of sp³-hybridized carbons (Fsp3) is 0.600. The van der Waals surface area contributed by atoms with Gasteiger partial charge in [0.1, 0.15) is 17.2 Å². The van der Waals surface area contributed by atoms with Crippen LogP contribution in [0.3, 0.4) is 0 Å². The molecule has 1 aliphatic carbocycles. The number of carbonyl (C=O) groups is 1. The molecule has 0 spiro atoms. The maximum atomic E-state index is 13.2. The molecule has 150 valence electrons. The smallest absolute Gasteiger partial charge is 0.336 e. The topological polar surface area (TPSA) is 72.5 Å². The van der Waals surface area contributed by atoms with Gasteiger partial charge in [0, 0.05) is 22.9 Å². The lowest BCUT2D eigenvalue weighted by Crippen LogP contribution is -2.45. The number of carbonyl (C=O) groups excluding carboxylic acids is 1. The van der Waals surface area contributed by atoms with Crippen LogP contribution in [0.15, 0.2) is 4.79 Å². The van der Waals surface area contributed by atoms with Crippen molar-refractivity contribution in [1.29, 1.82) is 0 Å². The standard InChI is InChI=1S/C20H27N5O2S/c1-10(2)24(11(3)4)15(26)9-23-20(27)25-17(14-7-8-14)21-19-16(18(25)22-23)12(5)13(6)28-19/h10-11,14H,7-9H2,1-6H3. The van der Waals surface area contributed by atoms with Crippen LogP contribution in [0.2, 0.25) is 0 Å². The molecule has 1 aliphatic rings. The molecule has 7 nitrogen and oxygen atoms in total. The number of hydrogen-bond acceptors (Lipinski definition) is 5. The highest BCUT2D eigenvalue weighted by molar-refractivity contribution is 7.18. The van der Waals surface area contributed by atoms with Crippen molar-refractivity contribution in [3.63, 3.8) is 0 Å². The third-order valence-electron chi connectivity index (χ3n) is 5.50. The highest BCUT2D eigenvalue weighted by Crippen LogP contribution is 2.41. The SMILES string of the molecule is Cc1sc2nc(C3CC3)n3c(=O)n(CC(=O)N(C(C)C)C(C)C)nc3c2c1C. The third kappa shape index (κ3) is 2.94. The Labute approximate surface area is 168 Å². The average Bonchev–Trinajstić information content (AvgIpc) is 3.33. The summed E-state index contributed by atoms with van der Waals surface area (Å²) in [6.45, 7) is 12.0. The minimum atomic E-state index is -0.268. The first kappa shape index (κ1) is 19.1. The van der Waals surface area contributed by atoms with E-state index < -0.39 is 0 Å². The van der Waals surface area contributed by atoms with Crippen molar-refractivity contribution < 1.29 is 4.79 Å². The predicted octanol–water partition coefficient (Wildman–Crippen LogP) is 3.25. The van der Waals surface area contributed by atoms with E-state index in [-0.39, 0.29) is 30.2 Å². The lowest BCUT2D eigenvalue weighted by Gasteiger charge is -2.30. The summed E-state index contributed by atoms with van der Waals surface area (Å²) in [5, 5.41) is 5.54. The molecule has 4 rings (SSSR count). The molecule has 0 saturated heterocycles. The molecule has 28 heavy (non-hydrogen) atoms. The molecular formula is C20H27N5O2S. The van der Waals surface area contributed by atoms with Crippen molar-refractivity contribution in [2.45, 2.75) is 78.9 Å². The van der Waals surface area contributed by atoms with Gasteiger partial charge in [-0.1, -0.05) is 0 Å². The monoisotopic (exact) mass is 401 g/mol. The lowest BCUT2D eigenvalue weighted by molar-refractivity contribution is -0.135. The number of nitrogens with zero attached hydrogens (tertiary/aromatic N) is 5. The number of rotatable bonds is 5. The van der Waals surface area contributed by atoms with E-state index in [1.807, 2.05) is 34.6 Å². The summed E-state index contributed by atoms with van der Waals surface area (Å²) in [4.78, 5) is 34.8. The van der Waals surface area contributed by atoms with Crippen molar-refractivity contribution in [1.82, 2.24) is 24.1 Å². The second kappa shape index (κ2) is 6.69. The predicted molar refractivity (Wildman–Crippen MR) is 111 cm³/mol. The molecule has 3 aromatic heterocycles. The minimum absolute atomic E-state index is 0.0510. The first-order valence-corrected chi connectivity index (χ1v) is 10.7. The van der Waals surface area contributed by atoms with Crippen LogP contribution in [0, 0.1) is 13.8 Å². The van der Waals surface area contributed by atoms with Gasteiger partial charge >= 0.3 is 5.69 Å². The van der Waals surface area contributed by atoms with E-state index >= 15 is 0 Å². The Bertz CT molecular complexity index is 1130.